The molecule has 7 nitrogen and oxygen atoms in total. The molecule has 38 heavy (non-hydrogen) atoms. The predicted octanol–water partition coefficient (Wildman–Crippen LogP) is 4.80. The molecule has 8 heteroatoms. The number of carbonyl (C=O) groups excluding carboxylic acids is 2. The molecular formula is C30H29BrN2O5. The van der Waals surface area contributed by atoms with Gasteiger partial charge in [-0.15, -0.1) is 0 Å². The number of nitrogens with one attached hydrogen (secondary N) is 1. The predicted molar refractivity (Wildman–Crippen MR) is 147 cm³/mol. The SMILES string of the molecule is CCc1cccc(CC)c1N1C(=O)C2C(c3cc(Br)ccc3O)NC(Cc3ccccc3)(C(=O)O)C2C1=O. The number of rotatable bonds is 7. The monoisotopic (exact) mass is 576 g/mol. The number of hydrogen-bond donors (Lipinski definition) is 3. The van der Waals surface area contributed by atoms with Crippen molar-refractivity contribution in [2.45, 2.75) is 44.7 Å². The van der Waals surface area contributed by atoms with Crippen LogP contribution in [0, 0.1) is 11.8 Å². The lowest BCUT2D eigenvalue weighted by Gasteiger charge is -2.32. The molecule has 4 atom stereocenters. The Bertz CT molecular complexity index is 1400. The van der Waals surface area contributed by atoms with Crippen molar-refractivity contribution in [1.82, 2.24) is 5.32 Å². The van der Waals surface area contributed by atoms with Crippen molar-refractivity contribution in [2.75, 3.05) is 4.90 Å². The summed E-state index contributed by atoms with van der Waals surface area (Å²) in [4.78, 5) is 42.9. The van der Waals surface area contributed by atoms with Gasteiger partial charge in [-0.1, -0.05) is 78.3 Å². The number of benzene rings is 3. The van der Waals surface area contributed by atoms with Crippen LogP contribution in [0.3, 0.4) is 0 Å². The molecule has 3 N–H and O–H groups in total. The van der Waals surface area contributed by atoms with Gasteiger partial charge in [0.1, 0.15) is 11.3 Å². The Morgan fingerprint density at radius 3 is 2.24 bits per heavy atom. The molecule has 0 aliphatic carbocycles. The number of aliphatic carboxylic acids is 1. The van der Waals surface area contributed by atoms with Crippen LogP contribution >= 0.6 is 15.9 Å². The number of carboxylic acids is 1. The summed E-state index contributed by atoms with van der Waals surface area (Å²) < 4.78 is 0.665. The molecule has 0 radical (unpaired) electrons. The summed E-state index contributed by atoms with van der Waals surface area (Å²) in [5, 5.41) is 24.7. The van der Waals surface area contributed by atoms with E-state index >= 15 is 0 Å². The highest BCUT2D eigenvalue weighted by Crippen LogP contribution is 2.53. The van der Waals surface area contributed by atoms with Crippen LogP contribution in [0.4, 0.5) is 5.69 Å². The van der Waals surface area contributed by atoms with Gasteiger partial charge in [-0.3, -0.25) is 19.7 Å². The molecule has 2 amide bonds. The molecule has 2 aliphatic heterocycles. The first-order valence-electron chi connectivity index (χ1n) is 12.8. The Kier molecular flexibility index (Phi) is 6.88. The number of amides is 2. The smallest absolute Gasteiger partial charge is 0.325 e. The van der Waals surface area contributed by atoms with E-state index in [4.69, 9.17) is 0 Å². The summed E-state index contributed by atoms with van der Waals surface area (Å²) in [5.74, 6) is -4.46. The van der Waals surface area contributed by atoms with Crippen molar-refractivity contribution in [1.29, 1.82) is 0 Å². The summed E-state index contributed by atoms with van der Waals surface area (Å²) in [5.41, 5.74) is 1.59. The lowest BCUT2D eigenvalue weighted by atomic mass is 9.76. The second kappa shape index (κ2) is 10.0. The molecule has 2 saturated heterocycles. The molecule has 3 aromatic rings. The maximum Gasteiger partial charge on any atom is 0.325 e. The van der Waals surface area contributed by atoms with Gasteiger partial charge in [0.2, 0.25) is 11.8 Å². The Morgan fingerprint density at radius 1 is 0.974 bits per heavy atom. The zero-order valence-corrected chi connectivity index (χ0v) is 22.7. The Labute approximate surface area is 229 Å². The second-order valence-electron chi connectivity index (χ2n) is 9.91. The number of fused-ring (bicyclic) bond motifs is 1. The van der Waals surface area contributed by atoms with Gasteiger partial charge in [-0.25, -0.2) is 4.90 Å². The fraction of sp³-hybridized carbons (Fsp3) is 0.300. The number of aromatic hydroxyl groups is 1. The number of aryl methyl sites for hydroxylation is 2. The fourth-order valence-electron chi connectivity index (χ4n) is 6.12. The molecule has 0 spiro atoms. The van der Waals surface area contributed by atoms with Crippen LogP contribution in [0.5, 0.6) is 5.75 Å². The summed E-state index contributed by atoms with van der Waals surface area (Å²) in [6.45, 7) is 3.93. The van der Waals surface area contributed by atoms with Crippen LogP contribution in [-0.2, 0) is 33.6 Å². The first-order chi connectivity index (χ1) is 18.2. The number of carbonyl (C=O) groups is 3. The van der Waals surface area contributed by atoms with Crippen LogP contribution in [0.1, 0.15) is 42.1 Å². The zero-order chi connectivity index (χ0) is 27.2. The Morgan fingerprint density at radius 2 is 1.63 bits per heavy atom. The molecule has 2 heterocycles. The van der Waals surface area contributed by atoms with Crippen molar-refractivity contribution in [3.8, 4) is 5.75 Å². The van der Waals surface area contributed by atoms with Gasteiger partial charge in [0.15, 0.2) is 0 Å². The molecule has 196 valence electrons. The number of phenolic OH excluding ortho intramolecular Hbond substituents is 1. The van der Waals surface area contributed by atoms with Gasteiger partial charge < -0.3 is 10.2 Å². The number of phenols is 1. The number of carboxylic acid groups (broad SMARTS) is 1. The van der Waals surface area contributed by atoms with E-state index in [1.54, 1.807) is 12.1 Å². The second-order valence-corrected chi connectivity index (χ2v) is 10.8. The normalized spacial score (nSPS) is 24.6. The first-order valence-corrected chi connectivity index (χ1v) is 13.5. The van der Waals surface area contributed by atoms with Crippen LogP contribution in [0.2, 0.25) is 0 Å². The maximum atomic E-state index is 14.3. The molecule has 2 fully saturated rings. The number of para-hydroxylation sites is 1. The summed E-state index contributed by atoms with van der Waals surface area (Å²) in [7, 11) is 0. The van der Waals surface area contributed by atoms with Crippen molar-refractivity contribution in [2.24, 2.45) is 11.8 Å². The van der Waals surface area contributed by atoms with Crippen LogP contribution < -0.4 is 10.2 Å². The number of nitrogens with zero attached hydrogens (tertiary/aromatic N) is 1. The van der Waals surface area contributed by atoms with E-state index in [1.165, 1.54) is 11.0 Å². The van der Waals surface area contributed by atoms with E-state index in [2.05, 4.69) is 21.2 Å². The quantitative estimate of drug-likeness (QED) is 0.349. The third-order valence-corrected chi connectivity index (χ3v) is 8.37. The standard InChI is InChI=1S/C30H29BrN2O5/c1-3-18-11-8-12-19(4-2)26(18)33-27(35)23-24(28(33)36)30(29(37)38,16-17-9-6-5-7-10-17)32-25(23)21-15-20(31)13-14-22(21)34/h5-15,23-25,32,34H,3-4,16H2,1-2H3,(H,37,38). The average Bonchev–Trinajstić information content (AvgIpc) is 3.39. The molecule has 5 rings (SSSR count). The topological polar surface area (TPSA) is 107 Å². The van der Waals surface area contributed by atoms with Gasteiger partial charge in [0.25, 0.3) is 0 Å². The van der Waals surface area contributed by atoms with Crippen molar-refractivity contribution in [3.05, 3.63) is 93.5 Å². The molecule has 4 unspecified atom stereocenters. The van der Waals surface area contributed by atoms with Gasteiger partial charge in [-0.05, 0) is 47.7 Å². The van der Waals surface area contributed by atoms with E-state index in [-0.39, 0.29) is 12.2 Å². The minimum Gasteiger partial charge on any atom is -0.508 e. The van der Waals surface area contributed by atoms with Crippen molar-refractivity contribution in [3.63, 3.8) is 0 Å². The van der Waals surface area contributed by atoms with Crippen LogP contribution in [0.15, 0.2) is 71.2 Å². The van der Waals surface area contributed by atoms with E-state index in [0.29, 0.717) is 28.6 Å². The van der Waals surface area contributed by atoms with E-state index in [0.717, 1.165) is 16.7 Å². The molecule has 0 bridgehead atoms. The fourth-order valence-corrected chi connectivity index (χ4v) is 6.50. The largest absolute Gasteiger partial charge is 0.508 e. The number of halogens is 1. The average molecular weight is 577 g/mol. The number of imide groups is 1. The summed E-state index contributed by atoms with van der Waals surface area (Å²) >= 11 is 3.42. The lowest BCUT2D eigenvalue weighted by molar-refractivity contribution is -0.148. The van der Waals surface area contributed by atoms with E-state index < -0.39 is 41.2 Å². The van der Waals surface area contributed by atoms with Crippen molar-refractivity contribution < 1.29 is 24.6 Å². The van der Waals surface area contributed by atoms with Crippen LogP contribution in [0.25, 0.3) is 0 Å². The zero-order valence-electron chi connectivity index (χ0n) is 21.1. The van der Waals surface area contributed by atoms with Gasteiger partial charge in [0, 0.05) is 22.5 Å². The Hall–Kier alpha value is -3.49. The molecule has 2 aliphatic rings. The number of hydrogen-bond acceptors (Lipinski definition) is 5. The maximum absolute atomic E-state index is 14.3. The molecule has 0 aromatic heterocycles. The minimum atomic E-state index is -1.76. The Balaban J connectivity index is 1.73. The molecule has 0 saturated carbocycles. The van der Waals surface area contributed by atoms with Gasteiger partial charge in [-0.2, -0.15) is 0 Å². The minimum absolute atomic E-state index is 0.00146. The van der Waals surface area contributed by atoms with Gasteiger partial charge in [0.05, 0.1) is 17.5 Å². The van der Waals surface area contributed by atoms with Gasteiger partial charge >= 0.3 is 5.97 Å². The lowest BCUT2D eigenvalue weighted by Crippen LogP contribution is -2.57. The van der Waals surface area contributed by atoms with Crippen molar-refractivity contribution >= 4 is 39.4 Å². The van der Waals surface area contributed by atoms with E-state index in [9.17, 15) is 24.6 Å². The third kappa shape index (κ3) is 4.03. The third-order valence-electron chi connectivity index (χ3n) is 7.87. The summed E-state index contributed by atoms with van der Waals surface area (Å²) in [6.07, 6.45) is 1.22. The molecular weight excluding hydrogens is 548 g/mol. The highest BCUT2D eigenvalue weighted by atomic mass is 79.9. The van der Waals surface area contributed by atoms with Crippen LogP contribution in [-0.4, -0.2) is 33.5 Å². The number of anilines is 1. The highest BCUT2D eigenvalue weighted by molar-refractivity contribution is 9.10. The summed E-state index contributed by atoms with van der Waals surface area (Å²) in [6, 6.07) is 18.7. The molecule has 3 aromatic carbocycles. The first kappa shape index (κ1) is 26.1. The van der Waals surface area contributed by atoms with E-state index in [1.807, 2.05) is 62.4 Å². The highest BCUT2D eigenvalue weighted by Gasteiger charge is 2.69.